The number of hydrogen-bond donors (Lipinski definition) is 2. The minimum absolute atomic E-state index is 0.122. The lowest BCUT2D eigenvalue weighted by Crippen LogP contribution is -2.38. The lowest BCUT2D eigenvalue weighted by atomic mass is 9.91. The predicted octanol–water partition coefficient (Wildman–Crippen LogP) is 8.01. The number of thiocarbonyl (C=S) groups is 1. The van der Waals surface area contributed by atoms with E-state index in [2.05, 4.69) is 35.1 Å². The van der Waals surface area contributed by atoms with Gasteiger partial charge >= 0.3 is 5.97 Å². The van der Waals surface area contributed by atoms with E-state index in [0.717, 1.165) is 30.2 Å². The van der Waals surface area contributed by atoms with Crippen molar-refractivity contribution in [3.8, 4) is 11.3 Å². The first-order valence-electron chi connectivity index (χ1n) is 13.9. The molecule has 0 radical (unpaired) electrons. The van der Waals surface area contributed by atoms with Gasteiger partial charge in [-0.3, -0.25) is 4.98 Å². The maximum absolute atomic E-state index is 11.6. The Kier molecular flexibility index (Phi) is 7.87. The Bertz CT molecular complexity index is 1640. The van der Waals surface area contributed by atoms with E-state index in [0.29, 0.717) is 44.1 Å². The average molecular weight is 622 g/mol. The summed E-state index contributed by atoms with van der Waals surface area (Å²) in [6.07, 6.45) is 2.96. The second-order valence-electron chi connectivity index (χ2n) is 11.2. The van der Waals surface area contributed by atoms with E-state index in [1.807, 2.05) is 41.3 Å². The molecule has 2 aromatic carbocycles. The van der Waals surface area contributed by atoms with Gasteiger partial charge in [0.15, 0.2) is 5.11 Å². The van der Waals surface area contributed by atoms with Crippen LogP contribution in [0.4, 0.5) is 11.4 Å². The molecule has 4 unspecified atom stereocenters. The van der Waals surface area contributed by atoms with Gasteiger partial charge in [-0.05, 0) is 91.1 Å². The van der Waals surface area contributed by atoms with Crippen molar-refractivity contribution < 1.29 is 14.3 Å². The molecule has 2 fully saturated rings. The molecular weight excluding hydrogens is 591 g/mol. The molecular formula is C32H30Cl2N4O3S. The quantitative estimate of drug-likeness (QED) is 0.210. The second-order valence-corrected chi connectivity index (χ2v) is 12.4. The monoisotopic (exact) mass is 620 g/mol. The smallest absolute Gasteiger partial charge is 0.335 e. The van der Waals surface area contributed by atoms with Gasteiger partial charge in [-0.25, -0.2) is 4.79 Å². The summed E-state index contributed by atoms with van der Waals surface area (Å²) in [5, 5.41) is 14.5. The fourth-order valence-electron chi connectivity index (χ4n) is 6.19. The number of aromatic carboxylic acids is 1. The molecule has 42 heavy (non-hydrogen) atoms. The number of piperidine rings is 1. The van der Waals surface area contributed by atoms with Crippen molar-refractivity contribution in [1.29, 1.82) is 0 Å². The van der Waals surface area contributed by atoms with Crippen LogP contribution in [0.1, 0.15) is 54.2 Å². The molecule has 4 atom stereocenters. The number of nitrogens with zero attached hydrogens (tertiary/aromatic N) is 3. The number of hydrogen-bond acceptors (Lipinski definition) is 5. The zero-order valence-corrected chi connectivity index (χ0v) is 25.5. The van der Waals surface area contributed by atoms with Crippen LogP contribution in [0.5, 0.6) is 0 Å². The maximum Gasteiger partial charge on any atom is 0.335 e. The molecule has 0 saturated carbocycles. The van der Waals surface area contributed by atoms with Crippen molar-refractivity contribution in [1.82, 2.24) is 10.3 Å². The number of rotatable bonds is 6. The summed E-state index contributed by atoms with van der Waals surface area (Å²) in [5.74, 6) is 1.23. The van der Waals surface area contributed by atoms with Gasteiger partial charge in [0.25, 0.3) is 0 Å². The minimum Gasteiger partial charge on any atom is -0.478 e. The van der Waals surface area contributed by atoms with Crippen LogP contribution in [-0.2, 0) is 0 Å². The van der Waals surface area contributed by atoms with E-state index < -0.39 is 12.0 Å². The lowest BCUT2D eigenvalue weighted by molar-refractivity contribution is 0.0697. The average Bonchev–Trinajstić information content (AvgIpc) is 3.57. The number of nitrogens with one attached hydrogen (secondary N) is 1. The number of carboxylic acid groups (broad SMARTS) is 1. The van der Waals surface area contributed by atoms with Crippen molar-refractivity contribution in [2.75, 3.05) is 22.9 Å². The molecule has 0 spiro atoms. The van der Waals surface area contributed by atoms with E-state index in [4.69, 9.17) is 39.8 Å². The first-order valence-corrected chi connectivity index (χ1v) is 15.0. The van der Waals surface area contributed by atoms with Gasteiger partial charge in [0.05, 0.1) is 33.0 Å². The molecule has 6 rings (SSSR count). The summed E-state index contributed by atoms with van der Waals surface area (Å²) in [6.45, 7) is 6.51. The zero-order chi connectivity index (χ0) is 29.5. The largest absolute Gasteiger partial charge is 0.478 e. The standard InChI is InChI=1S/C32H30Cl2N4O3S/c1-18-13-19(2)17-37(16-18)26-9-7-21(15-24(26)34)38-30(29(36-32(38)42)25-5-3-4-12-35-25)28-11-10-27(41-28)22-14-20(31(39)40)6-8-23(22)33/h3-12,14-15,18-19,29-30H,13,16-17H2,1-2H3,(H,36,42)(H,39,40). The molecule has 2 aliphatic rings. The highest BCUT2D eigenvalue weighted by Crippen LogP contribution is 2.45. The number of carboxylic acids is 1. The van der Waals surface area contributed by atoms with Crippen molar-refractivity contribution in [3.05, 3.63) is 100.0 Å². The van der Waals surface area contributed by atoms with E-state index in [9.17, 15) is 9.90 Å². The molecule has 2 saturated heterocycles. The Morgan fingerprint density at radius 3 is 2.50 bits per heavy atom. The van der Waals surface area contributed by atoms with Crippen molar-refractivity contribution in [3.63, 3.8) is 0 Å². The Morgan fingerprint density at radius 2 is 1.81 bits per heavy atom. The minimum atomic E-state index is -1.04. The van der Waals surface area contributed by atoms with E-state index in [1.54, 1.807) is 18.3 Å². The van der Waals surface area contributed by atoms with Crippen LogP contribution >= 0.6 is 35.4 Å². The number of pyridine rings is 1. The van der Waals surface area contributed by atoms with Crippen LogP contribution < -0.4 is 15.1 Å². The normalized spacial score (nSPS) is 22.3. The van der Waals surface area contributed by atoms with Gasteiger partial charge in [0.2, 0.25) is 0 Å². The van der Waals surface area contributed by atoms with Gasteiger partial charge < -0.3 is 24.6 Å². The summed E-state index contributed by atoms with van der Waals surface area (Å²) in [7, 11) is 0. The summed E-state index contributed by atoms with van der Waals surface area (Å²) in [5.41, 5.74) is 3.26. The van der Waals surface area contributed by atoms with Gasteiger partial charge in [-0.1, -0.05) is 43.1 Å². The Labute approximate surface area is 260 Å². The number of furan rings is 1. The SMILES string of the molecule is CC1CC(C)CN(c2ccc(N3C(=S)NC(c4ccccn4)C3c3ccc(-c4cc(C(=O)O)ccc4Cl)o3)cc2Cl)C1. The van der Waals surface area contributed by atoms with Crippen molar-refractivity contribution in [2.45, 2.75) is 32.4 Å². The van der Waals surface area contributed by atoms with Gasteiger partial charge in [0.1, 0.15) is 17.6 Å². The summed E-state index contributed by atoms with van der Waals surface area (Å²) in [4.78, 5) is 20.6. The molecule has 2 aliphatic heterocycles. The second kappa shape index (κ2) is 11.6. The summed E-state index contributed by atoms with van der Waals surface area (Å²) >= 11 is 19.3. The number of aromatic nitrogens is 1. The van der Waals surface area contributed by atoms with E-state index in [-0.39, 0.29) is 11.6 Å². The van der Waals surface area contributed by atoms with Gasteiger partial charge in [0, 0.05) is 30.5 Å². The van der Waals surface area contributed by atoms with Crippen LogP contribution in [0.3, 0.4) is 0 Å². The molecule has 0 aliphatic carbocycles. The van der Waals surface area contributed by atoms with Crippen LogP contribution in [0.2, 0.25) is 10.0 Å². The third kappa shape index (κ3) is 5.46. The van der Waals surface area contributed by atoms with Crippen molar-refractivity contribution in [2.24, 2.45) is 11.8 Å². The third-order valence-corrected chi connectivity index (χ3v) is 8.86. The fraction of sp³-hybridized carbons (Fsp3) is 0.281. The Morgan fingerprint density at radius 1 is 1.02 bits per heavy atom. The number of halogens is 2. The number of benzene rings is 2. The molecule has 0 amide bonds. The van der Waals surface area contributed by atoms with Crippen LogP contribution in [0.25, 0.3) is 11.3 Å². The van der Waals surface area contributed by atoms with Crippen molar-refractivity contribution >= 4 is 57.9 Å². The first kappa shape index (κ1) is 28.5. The van der Waals surface area contributed by atoms with Crippen LogP contribution in [-0.4, -0.2) is 34.3 Å². The third-order valence-electron chi connectivity index (χ3n) is 7.91. The predicted molar refractivity (Wildman–Crippen MR) is 171 cm³/mol. The lowest BCUT2D eigenvalue weighted by Gasteiger charge is -2.37. The molecule has 7 nitrogen and oxygen atoms in total. The molecule has 10 heteroatoms. The maximum atomic E-state index is 11.6. The van der Waals surface area contributed by atoms with E-state index in [1.165, 1.54) is 18.6 Å². The molecule has 4 aromatic rings. The molecule has 2 aromatic heterocycles. The zero-order valence-electron chi connectivity index (χ0n) is 23.1. The highest BCUT2D eigenvalue weighted by molar-refractivity contribution is 7.80. The van der Waals surface area contributed by atoms with Crippen LogP contribution in [0.15, 0.2) is 77.3 Å². The van der Waals surface area contributed by atoms with Gasteiger partial charge in [-0.15, -0.1) is 0 Å². The molecule has 216 valence electrons. The fourth-order valence-corrected chi connectivity index (χ4v) is 7.04. The Balaban J connectivity index is 1.40. The summed E-state index contributed by atoms with van der Waals surface area (Å²) in [6, 6.07) is 19.3. The van der Waals surface area contributed by atoms with E-state index >= 15 is 0 Å². The molecule has 2 N–H and O–H groups in total. The highest BCUT2D eigenvalue weighted by Gasteiger charge is 2.43. The highest BCUT2D eigenvalue weighted by atomic mass is 35.5. The number of anilines is 2. The van der Waals surface area contributed by atoms with Gasteiger partial charge in [-0.2, -0.15) is 0 Å². The molecule has 0 bridgehead atoms. The Hall–Kier alpha value is -3.59. The topological polar surface area (TPSA) is 81.8 Å². The van der Waals surface area contributed by atoms with Crippen LogP contribution in [0, 0.1) is 11.8 Å². The first-order chi connectivity index (χ1) is 20.2. The summed E-state index contributed by atoms with van der Waals surface area (Å²) < 4.78 is 6.41. The number of carbonyl (C=O) groups is 1. The molecule has 4 heterocycles.